The van der Waals surface area contributed by atoms with Crippen molar-refractivity contribution >= 4 is 17.7 Å². The molecule has 1 amide bonds. The van der Waals surface area contributed by atoms with Gasteiger partial charge in [-0.15, -0.1) is 0 Å². The number of ether oxygens (including phenoxy) is 5. The van der Waals surface area contributed by atoms with Crippen LogP contribution in [0.15, 0.2) is 35.6 Å². The van der Waals surface area contributed by atoms with Gasteiger partial charge in [0, 0.05) is 51.7 Å². The highest BCUT2D eigenvalue weighted by molar-refractivity contribution is 5.89. The Morgan fingerprint density at radius 2 is 1.59 bits per heavy atom. The van der Waals surface area contributed by atoms with Crippen molar-refractivity contribution in [2.24, 2.45) is 29.6 Å². The summed E-state index contributed by atoms with van der Waals surface area (Å²) in [5.41, 5.74) is 1.67. The van der Waals surface area contributed by atoms with Crippen LogP contribution in [0.2, 0.25) is 0 Å². The summed E-state index contributed by atoms with van der Waals surface area (Å²) in [4.78, 5) is 43.4. The number of methoxy groups -OCH3 is 3. The van der Waals surface area contributed by atoms with E-state index in [0.29, 0.717) is 50.5 Å². The van der Waals surface area contributed by atoms with Crippen molar-refractivity contribution in [3.63, 3.8) is 0 Å². The van der Waals surface area contributed by atoms with E-state index in [0.717, 1.165) is 10.5 Å². The number of hydrogen-bond donors (Lipinski definition) is 4. The largest absolute Gasteiger partial charge is 0.456 e. The summed E-state index contributed by atoms with van der Waals surface area (Å²) in [7, 11) is 4.65. The molecule has 1 saturated heterocycles. The van der Waals surface area contributed by atoms with Gasteiger partial charge in [0.25, 0.3) is 5.91 Å². The molecule has 2 bridgehead atoms. The van der Waals surface area contributed by atoms with Crippen LogP contribution in [-0.4, -0.2) is 125 Å². The number of hydrogen-bond acceptors (Lipinski definition) is 12. The van der Waals surface area contributed by atoms with E-state index in [1.165, 1.54) is 6.20 Å². The fourth-order valence-corrected chi connectivity index (χ4v) is 9.23. The zero-order valence-electron chi connectivity index (χ0n) is 35.0. The summed E-state index contributed by atoms with van der Waals surface area (Å²) in [6, 6.07) is -1.16. The summed E-state index contributed by atoms with van der Waals surface area (Å²) in [5.74, 6) is -5.98. The Labute approximate surface area is 333 Å². The van der Waals surface area contributed by atoms with Crippen molar-refractivity contribution in [3.05, 3.63) is 35.6 Å². The Morgan fingerprint density at radius 3 is 2.23 bits per heavy atom. The van der Waals surface area contributed by atoms with E-state index in [9.17, 15) is 34.8 Å². The lowest BCUT2D eigenvalue weighted by atomic mass is 9.81. The van der Waals surface area contributed by atoms with E-state index >= 15 is 0 Å². The number of fused-ring (bicyclic) bond motifs is 3. The number of aliphatic hydroxyl groups excluding tert-OH is 3. The molecule has 56 heavy (non-hydrogen) atoms. The molecule has 1 unspecified atom stereocenters. The average Bonchev–Trinajstić information content (AvgIpc) is 3.18. The molecule has 3 heterocycles. The number of amides is 1. The van der Waals surface area contributed by atoms with Gasteiger partial charge < -0.3 is 49.0 Å². The van der Waals surface area contributed by atoms with Crippen LogP contribution in [0.1, 0.15) is 106 Å². The summed E-state index contributed by atoms with van der Waals surface area (Å²) in [5, 5.41) is 45.9. The number of nitrogens with zero attached hydrogens (tertiary/aromatic N) is 1. The Balaban J connectivity index is 1.77. The second-order valence-corrected chi connectivity index (χ2v) is 17.0. The maximum Gasteiger partial charge on any atom is 0.329 e. The molecule has 4 N–H and O–H groups in total. The highest BCUT2D eigenvalue weighted by Gasteiger charge is 2.56. The van der Waals surface area contributed by atoms with Crippen LogP contribution in [0.25, 0.3) is 0 Å². The van der Waals surface area contributed by atoms with Crippen LogP contribution in [0.4, 0.5) is 0 Å². The third-order valence-electron chi connectivity index (χ3n) is 12.7. The van der Waals surface area contributed by atoms with Crippen molar-refractivity contribution < 1.29 is 58.5 Å². The second-order valence-electron chi connectivity index (χ2n) is 17.0. The molecule has 3 aliphatic heterocycles. The highest BCUT2D eigenvalue weighted by Crippen LogP contribution is 2.40. The third-order valence-corrected chi connectivity index (χ3v) is 12.7. The molecule has 2 fully saturated rings. The topological polar surface area (TPSA) is 182 Å². The van der Waals surface area contributed by atoms with Gasteiger partial charge in [0.1, 0.15) is 24.0 Å². The smallest absolute Gasteiger partial charge is 0.329 e. The van der Waals surface area contributed by atoms with Gasteiger partial charge in [-0.05, 0) is 89.0 Å². The maximum absolute atomic E-state index is 14.3. The number of rotatable bonds is 6. The number of esters is 1. The molecular formula is C43H69NO12. The lowest BCUT2D eigenvalue weighted by Gasteiger charge is -2.49. The van der Waals surface area contributed by atoms with Crippen molar-refractivity contribution in [1.29, 1.82) is 0 Å². The van der Waals surface area contributed by atoms with Crippen molar-refractivity contribution in [3.8, 4) is 0 Å². The molecule has 0 radical (unpaired) electrons. The first kappa shape index (κ1) is 46.2. The van der Waals surface area contributed by atoms with Crippen molar-refractivity contribution in [1.82, 2.24) is 4.90 Å². The lowest BCUT2D eigenvalue weighted by Crippen LogP contribution is -2.65. The molecule has 1 saturated carbocycles. The fraction of sp³-hybridized carbons (Fsp3) is 0.791. The minimum atomic E-state index is -2.34. The van der Waals surface area contributed by atoms with E-state index < -0.39 is 84.2 Å². The molecule has 13 heteroatoms. The number of allylic oxidation sites excluding steroid dienone is 4. The minimum absolute atomic E-state index is 0.00134. The second kappa shape index (κ2) is 20.5. The number of aliphatic hydroxyl groups is 4. The number of cyclic esters (lactones) is 1. The summed E-state index contributed by atoms with van der Waals surface area (Å²) >= 11 is 0. The first-order chi connectivity index (χ1) is 26.5. The predicted octanol–water partition coefficient (Wildman–Crippen LogP) is 4.39. The molecule has 15 atom stereocenters. The Bertz CT molecular complexity index is 1430. The number of carbonyl (C=O) groups excluding carboxylic acids is 3. The minimum Gasteiger partial charge on any atom is -0.456 e. The van der Waals surface area contributed by atoms with Gasteiger partial charge in [0.15, 0.2) is 6.10 Å². The zero-order valence-corrected chi connectivity index (χ0v) is 35.0. The van der Waals surface area contributed by atoms with Crippen LogP contribution in [0.3, 0.4) is 0 Å². The molecule has 0 spiro atoms. The molecule has 13 nitrogen and oxygen atoms in total. The van der Waals surface area contributed by atoms with E-state index in [-0.39, 0.29) is 43.0 Å². The average molecular weight is 792 g/mol. The van der Waals surface area contributed by atoms with E-state index in [1.54, 1.807) is 41.3 Å². The van der Waals surface area contributed by atoms with Crippen LogP contribution in [-0.2, 0) is 38.1 Å². The van der Waals surface area contributed by atoms with Gasteiger partial charge in [-0.2, -0.15) is 0 Å². The zero-order chi connectivity index (χ0) is 41.5. The number of Topliss-reactive ketones (excluding diaryl/α,β-unsaturated/α-hetero) is 1. The quantitative estimate of drug-likeness (QED) is 0.221. The normalized spacial score (nSPS) is 42.6. The maximum atomic E-state index is 14.3. The Morgan fingerprint density at radius 1 is 0.929 bits per heavy atom. The standard InChI is InChI=1S/C43H69NO12/c1-10-30-18-24(2)17-25(3)19-36(53-8)39-37(54-9)21-27(5)43(51,56-39)40(48)41(49)44-16-12-11-13-31(44)42(50)55-38(28(6)33(46)23-34(30)47)26(4)20-29-14-15-32(45)35(22-29)52-7/h12,16,18,20,25,27-33,35-40,45-46,48,51H,10-11,13-15,17,19,21-23H2,1-9H3/b24-18+,26-20+/t25-,27+,28+,29-,30+,31-,32+,33-,35+,36-,37-,38+,39+,40?,43+/m0/s1. The van der Waals surface area contributed by atoms with Gasteiger partial charge in [0.05, 0.1) is 30.5 Å². The van der Waals surface area contributed by atoms with Gasteiger partial charge in [-0.25, -0.2) is 4.79 Å². The molecule has 0 aromatic rings. The summed E-state index contributed by atoms with van der Waals surface area (Å²) in [6.45, 7) is 11.2. The molecule has 1 aliphatic carbocycles. The predicted molar refractivity (Wildman–Crippen MR) is 209 cm³/mol. The Hall–Kier alpha value is -2.49. The molecule has 4 aliphatic rings. The monoisotopic (exact) mass is 791 g/mol. The summed E-state index contributed by atoms with van der Waals surface area (Å²) in [6.07, 6.45) is 4.23. The van der Waals surface area contributed by atoms with Crippen LogP contribution in [0, 0.1) is 29.6 Å². The highest BCUT2D eigenvalue weighted by atomic mass is 16.7. The van der Waals surface area contributed by atoms with Gasteiger partial charge >= 0.3 is 5.97 Å². The molecule has 318 valence electrons. The molecule has 4 rings (SSSR count). The van der Waals surface area contributed by atoms with E-state index in [1.807, 2.05) is 32.9 Å². The van der Waals surface area contributed by atoms with Gasteiger partial charge in [-0.3, -0.25) is 9.59 Å². The van der Waals surface area contributed by atoms with E-state index in [4.69, 9.17) is 23.7 Å². The lowest BCUT2D eigenvalue weighted by molar-refractivity contribution is -0.346. The SMILES string of the molecule is CC[C@@H]1/C=C(\C)C[C@H](C)C[C@H](OC)[C@H]2O[C@@](O)(C(O)C(=O)N3C=CCC[C@H]3C(=O)O[C@H](/C(C)=C/[C@@H]3CC[C@@H](O)[C@H](OC)C3)[C@H](C)[C@@H](O)CC1=O)[C@H](C)C[C@@H]2OC. The number of ketones is 1. The first-order valence-electron chi connectivity index (χ1n) is 20.6. The summed E-state index contributed by atoms with van der Waals surface area (Å²) < 4.78 is 29.8. The number of carbonyl (C=O) groups is 3. The van der Waals surface area contributed by atoms with Gasteiger partial charge in [0.2, 0.25) is 5.79 Å². The third kappa shape index (κ3) is 10.8. The first-order valence-corrected chi connectivity index (χ1v) is 20.6. The van der Waals surface area contributed by atoms with Gasteiger partial charge in [-0.1, -0.05) is 51.5 Å². The van der Waals surface area contributed by atoms with Crippen molar-refractivity contribution in [2.75, 3.05) is 21.3 Å². The van der Waals surface area contributed by atoms with Crippen LogP contribution in [0.5, 0.6) is 0 Å². The van der Waals surface area contributed by atoms with Crippen LogP contribution >= 0.6 is 0 Å². The molecule has 0 aromatic heterocycles. The van der Waals surface area contributed by atoms with E-state index in [2.05, 4.69) is 6.92 Å². The van der Waals surface area contributed by atoms with Crippen molar-refractivity contribution in [2.45, 2.75) is 166 Å². The molecular weight excluding hydrogens is 722 g/mol. The molecule has 0 aromatic carbocycles. The fourth-order valence-electron chi connectivity index (χ4n) is 9.23. The van der Waals surface area contributed by atoms with Crippen LogP contribution < -0.4 is 0 Å². The Kier molecular flexibility index (Phi) is 16.9.